The molecular formula is C16H17N3O3S. The minimum Gasteiger partial charge on any atom is -0.481 e. The molecule has 1 atom stereocenters. The lowest BCUT2D eigenvalue weighted by Gasteiger charge is -2.23. The third kappa shape index (κ3) is 3.34. The van der Waals surface area contributed by atoms with E-state index in [0.717, 1.165) is 6.42 Å². The van der Waals surface area contributed by atoms with Gasteiger partial charge in [-0.15, -0.1) is 11.3 Å². The van der Waals surface area contributed by atoms with Crippen LogP contribution in [0.5, 0.6) is 5.88 Å². The van der Waals surface area contributed by atoms with Crippen molar-refractivity contribution in [1.82, 2.24) is 9.88 Å². The number of nitrogens with one attached hydrogen (secondary N) is 1. The SMILES string of the molecule is COc1ccc(NC(=O)[C@H]2CCCN2C(=O)c2cccs2)cn1. The second-order valence-electron chi connectivity index (χ2n) is 5.21. The van der Waals surface area contributed by atoms with E-state index >= 15 is 0 Å². The van der Waals surface area contributed by atoms with Gasteiger partial charge in [-0.25, -0.2) is 4.98 Å². The highest BCUT2D eigenvalue weighted by Crippen LogP contribution is 2.23. The maximum atomic E-state index is 12.5. The number of thiophene rings is 1. The molecule has 120 valence electrons. The average molecular weight is 331 g/mol. The highest BCUT2D eigenvalue weighted by molar-refractivity contribution is 7.12. The number of carbonyl (C=O) groups excluding carboxylic acids is 2. The Bertz CT molecular complexity index is 685. The standard InChI is InChI=1S/C16H17N3O3S/c1-22-14-7-6-11(10-17-14)18-15(20)12-4-2-8-19(12)16(21)13-5-3-9-23-13/h3,5-7,9-10,12H,2,4,8H2,1H3,(H,18,20)/t12-/m1/s1. The van der Waals surface area contributed by atoms with Crippen LogP contribution in [0, 0.1) is 0 Å². The highest BCUT2D eigenvalue weighted by atomic mass is 32.1. The molecule has 0 radical (unpaired) electrons. The highest BCUT2D eigenvalue weighted by Gasteiger charge is 2.34. The van der Waals surface area contributed by atoms with Crippen LogP contribution in [-0.2, 0) is 4.79 Å². The van der Waals surface area contributed by atoms with E-state index in [4.69, 9.17) is 4.74 Å². The molecule has 0 spiro atoms. The third-order valence-corrected chi connectivity index (χ3v) is 4.62. The number of aromatic nitrogens is 1. The molecule has 0 bridgehead atoms. The summed E-state index contributed by atoms with van der Waals surface area (Å²) >= 11 is 1.39. The van der Waals surface area contributed by atoms with Crippen molar-refractivity contribution in [1.29, 1.82) is 0 Å². The number of nitrogens with zero attached hydrogens (tertiary/aromatic N) is 2. The number of ether oxygens (including phenoxy) is 1. The molecule has 1 aliphatic rings. The van der Waals surface area contributed by atoms with Crippen LogP contribution in [0.2, 0.25) is 0 Å². The molecular weight excluding hydrogens is 314 g/mol. The molecule has 6 nitrogen and oxygen atoms in total. The second-order valence-corrected chi connectivity index (χ2v) is 6.16. The van der Waals surface area contributed by atoms with E-state index < -0.39 is 6.04 Å². The van der Waals surface area contributed by atoms with E-state index in [0.29, 0.717) is 29.4 Å². The summed E-state index contributed by atoms with van der Waals surface area (Å²) in [5, 5.41) is 4.68. The first-order valence-electron chi connectivity index (χ1n) is 7.34. The van der Waals surface area contributed by atoms with Crippen molar-refractivity contribution in [2.24, 2.45) is 0 Å². The van der Waals surface area contributed by atoms with Crippen molar-refractivity contribution < 1.29 is 14.3 Å². The van der Waals surface area contributed by atoms with Gasteiger partial charge in [0, 0.05) is 12.6 Å². The van der Waals surface area contributed by atoms with Crippen molar-refractivity contribution >= 4 is 28.8 Å². The Morgan fingerprint density at radius 3 is 2.91 bits per heavy atom. The van der Waals surface area contributed by atoms with E-state index in [-0.39, 0.29) is 11.8 Å². The Kier molecular flexibility index (Phi) is 4.57. The van der Waals surface area contributed by atoms with Crippen LogP contribution in [0.1, 0.15) is 22.5 Å². The maximum Gasteiger partial charge on any atom is 0.264 e. The first-order valence-corrected chi connectivity index (χ1v) is 8.22. The number of likely N-dealkylation sites (tertiary alicyclic amines) is 1. The molecule has 2 aromatic rings. The van der Waals surface area contributed by atoms with Crippen molar-refractivity contribution in [2.45, 2.75) is 18.9 Å². The van der Waals surface area contributed by atoms with Gasteiger partial charge in [0.25, 0.3) is 5.91 Å². The molecule has 0 aliphatic carbocycles. The predicted molar refractivity (Wildman–Crippen MR) is 87.8 cm³/mol. The van der Waals surface area contributed by atoms with Gasteiger partial charge in [0.1, 0.15) is 6.04 Å². The van der Waals surface area contributed by atoms with Gasteiger partial charge in [-0.3, -0.25) is 9.59 Å². The number of anilines is 1. The number of amides is 2. The fourth-order valence-corrected chi connectivity index (χ4v) is 3.30. The zero-order chi connectivity index (χ0) is 16.2. The fraction of sp³-hybridized carbons (Fsp3) is 0.312. The zero-order valence-electron chi connectivity index (χ0n) is 12.7. The summed E-state index contributed by atoms with van der Waals surface area (Å²) in [6.07, 6.45) is 3.04. The topological polar surface area (TPSA) is 71.5 Å². The third-order valence-electron chi connectivity index (χ3n) is 3.76. The van der Waals surface area contributed by atoms with Crippen LogP contribution in [0.25, 0.3) is 0 Å². The summed E-state index contributed by atoms with van der Waals surface area (Å²) in [6, 6.07) is 6.59. The van der Waals surface area contributed by atoms with Crippen LogP contribution < -0.4 is 10.1 Å². The normalized spacial score (nSPS) is 17.1. The molecule has 7 heteroatoms. The zero-order valence-corrected chi connectivity index (χ0v) is 13.5. The Morgan fingerprint density at radius 2 is 2.26 bits per heavy atom. The molecule has 1 aliphatic heterocycles. The molecule has 0 unspecified atom stereocenters. The Morgan fingerprint density at radius 1 is 1.39 bits per heavy atom. The quantitative estimate of drug-likeness (QED) is 0.934. The van der Waals surface area contributed by atoms with Gasteiger partial charge in [-0.2, -0.15) is 0 Å². The predicted octanol–water partition coefficient (Wildman–Crippen LogP) is 2.40. The summed E-state index contributed by atoms with van der Waals surface area (Å²) in [4.78, 5) is 31.3. The summed E-state index contributed by atoms with van der Waals surface area (Å²) in [5.41, 5.74) is 0.589. The van der Waals surface area contributed by atoms with Gasteiger partial charge in [0.15, 0.2) is 0 Å². The van der Waals surface area contributed by atoms with Crippen LogP contribution in [-0.4, -0.2) is 41.4 Å². The van der Waals surface area contributed by atoms with Gasteiger partial charge in [-0.1, -0.05) is 6.07 Å². The van der Waals surface area contributed by atoms with Crippen LogP contribution in [0.4, 0.5) is 5.69 Å². The fourth-order valence-electron chi connectivity index (χ4n) is 2.62. The molecule has 2 amide bonds. The molecule has 0 aromatic carbocycles. The van der Waals surface area contributed by atoms with Gasteiger partial charge >= 0.3 is 0 Å². The van der Waals surface area contributed by atoms with Crippen molar-refractivity contribution in [3.8, 4) is 5.88 Å². The number of methoxy groups -OCH3 is 1. The van der Waals surface area contributed by atoms with Crippen LogP contribution in [0.15, 0.2) is 35.8 Å². The first kappa shape index (κ1) is 15.5. The smallest absolute Gasteiger partial charge is 0.264 e. The van der Waals surface area contributed by atoms with E-state index in [9.17, 15) is 9.59 Å². The number of hydrogen-bond acceptors (Lipinski definition) is 5. The van der Waals surface area contributed by atoms with Crippen molar-refractivity contribution in [3.63, 3.8) is 0 Å². The molecule has 3 rings (SSSR count). The molecule has 23 heavy (non-hydrogen) atoms. The van der Waals surface area contributed by atoms with E-state index in [1.165, 1.54) is 24.6 Å². The van der Waals surface area contributed by atoms with Crippen molar-refractivity contribution in [2.75, 3.05) is 19.0 Å². The van der Waals surface area contributed by atoms with Gasteiger partial charge in [0.05, 0.1) is 23.9 Å². The number of carbonyl (C=O) groups is 2. The lowest BCUT2D eigenvalue weighted by Crippen LogP contribution is -2.42. The molecule has 1 fully saturated rings. The summed E-state index contributed by atoms with van der Waals surface area (Å²) in [6.45, 7) is 0.607. The molecule has 1 saturated heterocycles. The minimum absolute atomic E-state index is 0.0782. The minimum atomic E-state index is -0.438. The molecule has 3 heterocycles. The maximum absolute atomic E-state index is 12.5. The van der Waals surface area contributed by atoms with E-state index in [2.05, 4.69) is 10.3 Å². The van der Waals surface area contributed by atoms with Crippen molar-refractivity contribution in [3.05, 3.63) is 40.7 Å². The Hall–Kier alpha value is -2.41. The van der Waals surface area contributed by atoms with Gasteiger partial charge in [-0.05, 0) is 30.4 Å². The second kappa shape index (κ2) is 6.78. The molecule has 0 saturated carbocycles. The number of rotatable bonds is 4. The van der Waals surface area contributed by atoms with E-state index in [1.54, 1.807) is 23.1 Å². The monoisotopic (exact) mass is 331 g/mol. The summed E-state index contributed by atoms with van der Waals surface area (Å²) in [7, 11) is 1.53. The number of pyridine rings is 1. The Balaban J connectivity index is 1.69. The lowest BCUT2D eigenvalue weighted by atomic mass is 10.2. The van der Waals surface area contributed by atoms with Crippen LogP contribution in [0.3, 0.4) is 0 Å². The molecule has 2 aromatic heterocycles. The first-order chi connectivity index (χ1) is 11.2. The molecule has 1 N–H and O–H groups in total. The lowest BCUT2D eigenvalue weighted by molar-refractivity contribution is -0.119. The van der Waals surface area contributed by atoms with Crippen LogP contribution >= 0.6 is 11.3 Å². The largest absolute Gasteiger partial charge is 0.481 e. The van der Waals surface area contributed by atoms with E-state index in [1.807, 2.05) is 11.4 Å². The van der Waals surface area contributed by atoms with Gasteiger partial charge < -0.3 is 15.0 Å². The Labute approximate surface area is 138 Å². The summed E-state index contributed by atoms with van der Waals surface area (Å²) < 4.78 is 4.99. The van der Waals surface area contributed by atoms with Gasteiger partial charge in [0.2, 0.25) is 11.8 Å². The average Bonchev–Trinajstić information content (AvgIpc) is 3.26. The number of hydrogen-bond donors (Lipinski definition) is 1. The summed E-state index contributed by atoms with van der Waals surface area (Å²) in [5.74, 6) is 0.225.